The standard InChI is InChI=1S/C15H13FN2O/c1-11-14(16)18-9-5-8-13(15(18)17-11)19-10-12-6-3-2-4-7-12/h2-9H,10H2,1H3. The van der Waals surface area contributed by atoms with E-state index in [2.05, 4.69) is 4.98 Å². The van der Waals surface area contributed by atoms with Gasteiger partial charge in [0.15, 0.2) is 11.4 Å². The van der Waals surface area contributed by atoms with Crippen molar-refractivity contribution in [3.05, 3.63) is 65.9 Å². The molecule has 0 saturated heterocycles. The average molecular weight is 256 g/mol. The van der Waals surface area contributed by atoms with Gasteiger partial charge in [0.1, 0.15) is 6.61 Å². The van der Waals surface area contributed by atoms with Crippen LogP contribution in [0.5, 0.6) is 5.75 Å². The van der Waals surface area contributed by atoms with Crippen LogP contribution in [0.4, 0.5) is 4.39 Å². The number of aryl methyl sites for hydroxylation is 1. The molecule has 1 aromatic carbocycles. The minimum Gasteiger partial charge on any atom is -0.485 e. The molecule has 3 rings (SSSR count). The molecule has 0 saturated carbocycles. The number of hydrogen-bond acceptors (Lipinski definition) is 2. The first-order valence-corrected chi connectivity index (χ1v) is 6.05. The zero-order chi connectivity index (χ0) is 13.2. The van der Waals surface area contributed by atoms with E-state index in [0.717, 1.165) is 5.56 Å². The van der Waals surface area contributed by atoms with Gasteiger partial charge in [0, 0.05) is 6.20 Å². The van der Waals surface area contributed by atoms with Gasteiger partial charge in [-0.05, 0) is 24.6 Å². The third-order valence-corrected chi connectivity index (χ3v) is 2.95. The van der Waals surface area contributed by atoms with Crippen LogP contribution >= 0.6 is 0 Å². The highest BCUT2D eigenvalue weighted by Crippen LogP contribution is 2.22. The molecular weight excluding hydrogens is 243 g/mol. The molecule has 2 heterocycles. The van der Waals surface area contributed by atoms with E-state index in [1.165, 1.54) is 4.40 Å². The molecule has 0 spiro atoms. The Morgan fingerprint density at radius 1 is 1.16 bits per heavy atom. The first-order valence-electron chi connectivity index (χ1n) is 6.05. The van der Waals surface area contributed by atoms with Crippen molar-refractivity contribution in [2.24, 2.45) is 0 Å². The lowest BCUT2D eigenvalue weighted by Crippen LogP contribution is -1.98. The fraction of sp³-hybridized carbons (Fsp3) is 0.133. The van der Waals surface area contributed by atoms with Crippen LogP contribution in [0.15, 0.2) is 48.7 Å². The van der Waals surface area contributed by atoms with E-state index in [9.17, 15) is 4.39 Å². The summed E-state index contributed by atoms with van der Waals surface area (Å²) in [7, 11) is 0. The lowest BCUT2D eigenvalue weighted by Gasteiger charge is -2.07. The van der Waals surface area contributed by atoms with E-state index in [4.69, 9.17) is 4.74 Å². The number of ether oxygens (including phenoxy) is 1. The Bertz CT molecular complexity index is 707. The Morgan fingerprint density at radius 3 is 2.74 bits per heavy atom. The van der Waals surface area contributed by atoms with Crippen LogP contribution in [0.2, 0.25) is 0 Å². The summed E-state index contributed by atoms with van der Waals surface area (Å²) < 4.78 is 20.9. The van der Waals surface area contributed by atoms with Crippen molar-refractivity contribution in [2.75, 3.05) is 0 Å². The van der Waals surface area contributed by atoms with Gasteiger partial charge in [0.25, 0.3) is 0 Å². The maximum Gasteiger partial charge on any atom is 0.220 e. The summed E-state index contributed by atoms with van der Waals surface area (Å²) in [6.45, 7) is 2.08. The Hall–Kier alpha value is -2.36. The highest BCUT2D eigenvalue weighted by Gasteiger charge is 2.11. The molecule has 0 bridgehead atoms. The number of nitrogens with zero attached hydrogens (tertiary/aromatic N) is 2. The van der Waals surface area contributed by atoms with Crippen molar-refractivity contribution in [1.29, 1.82) is 0 Å². The molecular formula is C15H13FN2O. The van der Waals surface area contributed by atoms with E-state index in [1.54, 1.807) is 25.3 Å². The van der Waals surface area contributed by atoms with Gasteiger partial charge in [-0.3, -0.25) is 4.40 Å². The van der Waals surface area contributed by atoms with Crippen molar-refractivity contribution in [3.8, 4) is 5.75 Å². The van der Waals surface area contributed by atoms with Crippen LogP contribution in [-0.4, -0.2) is 9.38 Å². The zero-order valence-electron chi connectivity index (χ0n) is 10.5. The second kappa shape index (κ2) is 4.72. The van der Waals surface area contributed by atoms with Gasteiger partial charge in [-0.15, -0.1) is 0 Å². The van der Waals surface area contributed by atoms with Gasteiger partial charge in [-0.25, -0.2) is 4.98 Å². The first kappa shape index (κ1) is 11.7. The quantitative estimate of drug-likeness (QED) is 0.718. The fourth-order valence-corrected chi connectivity index (χ4v) is 1.98. The maximum atomic E-state index is 13.7. The fourth-order valence-electron chi connectivity index (χ4n) is 1.98. The predicted molar refractivity (Wildman–Crippen MR) is 70.7 cm³/mol. The Morgan fingerprint density at radius 2 is 1.95 bits per heavy atom. The largest absolute Gasteiger partial charge is 0.485 e. The highest BCUT2D eigenvalue weighted by atomic mass is 19.1. The Kier molecular flexibility index (Phi) is 2.91. The number of imidazole rings is 1. The average Bonchev–Trinajstić information content (AvgIpc) is 2.74. The monoisotopic (exact) mass is 256 g/mol. The van der Waals surface area contributed by atoms with Crippen molar-refractivity contribution in [2.45, 2.75) is 13.5 Å². The first-order chi connectivity index (χ1) is 9.25. The summed E-state index contributed by atoms with van der Waals surface area (Å²) in [5.41, 5.74) is 1.94. The Labute approximate surface area is 110 Å². The molecule has 0 aliphatic heterocycles. The van der Waals surface area contributed by atoms with Crippen LogP contribution in [0.1, 0.15) is 11.3 Å². The third-order valence-electron chi connectivity index (χ3n) is 2.95. The summed E-state index contributed by atoms with van der Waals surface area (Å²) in [5, 5.41) is 0. The van der Waals surface area contributed by atoms with Gasteiger partial charge in [-0.1, -0.05) is 30.3 Å². The second-order valence-corrected chi connectivity index (χ2v) is 4.33. The molecule has 0 unspecified atom stereocenters. The van der Waals surface area contributed by atoms with E-state index in [-0.39, 0.29) is 5.95 Å². The van der Waals surface area contributed by atoms with Crippen LogP contribution in [0, 0.1) is 12.9 Å². The second-order valence-electron chi connectivity index (χ2n) is 4.33. The topological polar surface area (TPSA) is 26.5 Å². The molecule has 19 heavy (non-hydrogen) atoms. The molecule has 0 fully saturated rings. The molecule has 0 aliphatic carbocycles. The van der Waals surface area contributed by atoms with Crippen LogP contribution in [0.3, 0.4) is 0 Å². The molecule has 4 heteroatoms. The third kappa shape index (κ3) is 2.17. The van der Waals surface area contributed by atoms with Crippen molar-refractivity contribution in [3.63, 3.8) is 0 Å². The van der Waals surface area contributed by atoms with Gasteiger partial charge >= 0.3 is 0 Å². The summed E-state index contributed by atoms with van der Waals surface area (Å²) in [4.78, 5) is 4.19. The minimum absolute atomic E-state index is 0.347. The molecule has 0 atom stereocenters. The molecule has 0 amide bonds. The van der Waals surface area contributed by atoms with E-state index in [0.29, 0.717) is 23.7 Å². The van der Waals surface area contributed by atoms with Crippen molar-refractivity contribution < 1.29 is 9.13 Å². The predicted octanol–water partition coefficient (Wildman–Crippen LogP) is 3.36. The zero-order valence-corrected chi connectivity index (χ0v) is 10.5. The van der Waals surface area contributed by atoms with Gasteiger partial charge < -0.3 is 4.74 Å². The lowest BCUT2D eigenvalue weighted by atomic mass is 10.2. The number of benzene rings is 1. The van der Waals surface area contributed by atoms with E-state index >= 15 is 0 Å². The number of rotatable bonds is 3. The minimum atomic E-state index is -0.347. The van der Waals surface area contributed by atoms with Crippen molar-refractivity contribution >= 4 is 5.65 Å². The van der Waals surface area contributed by atoms with Crippen molar-refractivity contribution in [1.82, 2.24) is 9.38 Å². The van der Waals surface area contributed by atoms with E-state index in [1.807, 2.05) is 30.3 Å². The smallest absolute Gasteiger partial charge is 0.220 e. The number of aromatic nitrogens is 2. The molecule has 96 valence electrons. The molecule has 2 aromatic heterocycles. The molecule has 0 aliphatic rings. The van der Waals surface area contributed by atoms with E-state index < -0.39 is 0 Å². The van der Waals surface area contributed by atoms with Crippen LogP contribution < -0.4 is 4.74 Å². The summed E-state index contributed by atoms with van der Waals surface area (Å²) in [6, 6.07) is 13.4. The van der Waals surface area contributed by atoms with Crippen LogP contribution in [0.25, 0.3) is 5.65 Å². The SMILES string of the molecule is Cc1nc2c(OCc3ccccc3)cccn2c1F. The summed E-state index contributed by atoms with van der Waals surface area (Å²) in [6.07, 6.45) is 1.64. The summed E-state index contributed by atoms with van der Waals surface area (Å²) in [5.74, 6) is 0.235. The number of fused-ring (bicyclic) bond motifs is 1. The highest BCUT2D eigenvalue weighted by molar-refractivity contribution is 5.54. The van der Waals surface area contributed by atoms with Crippen LogP contribution in [-0.2, 0) is 6.61 Å². The van der Waals surface area contributed by atoms with Gasteiger partial charge in [0.05, 0.1) is 5.69 Å². The van der Waals surface area contributed by atoms with Gasteiger partial charge in [-0.2, -0.15) is 4.39 Å². The maximum absolute atomic E-state index is 13.7. The number of pyridine rings is 1. The Balaban J connectivity index is 1.91. The van der Waals surface area contributed by atoms with Gasteiger partial charge in [0.2, 0.25) is 5.95 Å². The normalized spacial score (nSPS) is 10.8. The number of hydrogen-bond donors (Lipinski definition) is 0. The molecule has 3 aromatic rings. The lowest BCUT2D eigenvalue weighted by molar-refractivity contribution is 0.308. The molecule has 0 radical (unpaired) electrons. The molecule has 3 nitrogen and oxygen atoms in total. The number of halogens is 1. The summed E-state index contributed by atoms with van der Waals surface area (Å²) >= 11 is 0. The molecule has 0 N–H and O–H groups in total.